The van der Waals surface area contributed by atoms with Gasteiger partial charge in [-0.15, -0.1) is 0 Å². The number of nitrogens with one attached hydrogen (secondary N) is 1. The van der Waals surface area contributed by atoms with Crippen LogP contribution in [0.2, 0.25) is 10.0 Å². The summed E-state index contributed by atoms with van der Waals surface area (Å²) in [5.74, 6) is -0.331. The van der Waals surface area contributed by atoms with Crippen LogP contribution in [0.4, 0.5) is 11.4 Å². The summed E-state index contributed by atoms with van der Waals surface area (Å²) in [6.07, 6.45) is 4.13. The minimum atomic E-state index is -0.331. The van der Waals surface area contributed by atoms with Gasteiger partial charge in [-0.3, -0.25) is 4.79 Å². The van der Waals surface area contributed by atoms with Crippen LogP contribution >= 0.6 is 23.2 Å². The lowest BCUT2D eigenvalue weighted by Crippen LogP contribution is -2.19. The first-order valence-electron chi connectivity index (χ1n) is 7.11. The Morgan fingerprint density at radius 1 is 1.09 bits per heavy atom. The Morgan fingerprint density at radius 3 is 2.36 bits per heavy atom. The van der Waals surface area contributed by atoms with Crippen LogP contribution in [0.25, 0.3) is 0 Å². The highest BCUT2D eigenvalue weighted by atomic mass is 35.5. The third-order valence-corrected chi connectivity index (χ3v) is 4.28. The summed E-state index contributed by atoms with van der Waals surface area (Å²) in [5, 5.41) is 3.50. The fraction of sp³-hybridized carbons (Fsp3) is 0.250. The van der Waals surface area contributed by atoms with Crippen molar-refractivity contribution >= 4 is 40.5 Å². The van der Waals surface area contributed by atoms with Gasteiger partial charge in [0.1, 0.15) is 5.69 Å². The molecule has 0 saturated carbocycles. The van der Waals surface area contributed by atoms with E-state index < -0.39 is 0 Å². The third kappa shape index (κ3) is 3.18. The molecule has 1 N–H and O–H groups in total. The van der Waals surface area contributed by atoms with Crippen LogP contribution in [-0.2, 0) is 0 Å². The van der Waals surface area contributed by atoms with E-state index in [1.165, 1.54) is 12.8 Å². The molecule has 0 aliphatic carbocycles. The number of carbonyl (C=O) groups excluding carboxylic acids is 1. The van der Waals surface area contributed by atoms with Gasteiger partial charge in [-0.2, -0.15) is 0 Å². The van der Waals surface area contributed by atoms with Crippen molar-refractivity contribution in [2.45, 2.75) is 12.8 Å². The first-order valence-corrected chi connectivity index (χ1v) is 7.87. The van der Waals surface area contributed by atoms with E-state index in [0.717, 1.165) is 18.8 Å². The number of benzene rings is 1. The summed E-state index contributed by atoms with van der Waals surface area (Å²) in [6.45, 7) is 2.09. The van der Waals surface area contributed by atoms with E-state index in [0.29, 0.717) is 21.4 Å². The van der Waals surface area contributed by atoms with E-state index in [4.69, 9.17) is 23.2 Å². The van der Waals surface area contributed by atoms with Crippen LogP contribution < -0.4 is 10.2 Å². The van der Waals surface area contributed by atoms with Gasteiger partial charge in [-0.05, 0) is 37.1 Å². The number of amides is 1. The Bertz CT molecular complexity index is 662. The lowest BCUT2D eigenvalue weighted by molar-refractivity contribution is 0.102. The standard InChI is InChI=1S/C16H15Cl2N3O/c17-12-4-3-5-13(18)15(12)20-16(22)14-7-6-11(10-19-14)21-8-1-2-9-21/h3-7,10H,1-2,8-9H2,(H,20,22). The second kappa shape index (κ2) is 6.55. The van der Waals surface area contributed by atoms with E-state index in [9.17, 15) is 4.79 Å². The number of pyridine rings is 1. The molecule has 1 aliphatic rings. The zero-order valence-corrected chi connectivity index (χ0v) is 13.4. The molecule has 1 saturated heterocycles. The smallest absolute Gasteiger partial charge is 0.274 e. The lowest BCUT2D eigenvalue weighted by Gasteiger charge is -2.17. The molecule has 0 spiro atoms. The van der Waals surface area contributed by atoms with Gasteiger partial charge < -0.3 is 10.2 Å². The molecule has 2 aromatic rings. The number of hydrogen-bond donors (Lipinski definition) is 1. The predicted octanol–water partition coefficient (Wildman–Crippen LogP) is 4.24. The van der Waals surface area contributed by atoms with Gasteiger partial charge in [0.05, 0.1) is 27.6 Å². The molecule has 1 fully saturated rings. The summed E-state index contributed by atoms with van der Waals surface area (Å²) < 4.78 is 0. The average Bonchev–Trinajstić information content (AvgIpc) is 3.05. The molecule has 1 aromatic heterocycles. The van der Waals surface area contributed by atoms with Crippen molar-refractivity contribution in [3.8, 4) is 0 Å². The van der Waals surface area contributed by atoms with Crippen molar-refractivity contribution in [1.29, 1.82) is 0 Å². The number of hydrogen-bond acceptors (Lipinski definition) is 3. The fourth-order valence-corrected chi connectivity index (χ4v) is 2.97. The van der Waals surface area contributed by atoms with Crippen LogP contribution in [0, 0.1) is 0 Å². The van der Waals surface area contributed by atoms with Crippen LogP contribution in [0.1, 0.15) is 23.3 Å². The van der Waals surface area contributed by atoms with Crippen LogP contribution in [-0.4, -0.2) is 24.0 Å². The van der Waals surface area contributed by atoms with E-state index in [2.05, 4.69) is 15.2 Å². The highest BCUT2D eigenvalue weighted by Crippen LogP contribution is 2.30. The Morgan fingerprint density at radius 2 is 1.77 bits per heavy atom. The van der Waals surface area contributed by atoms with Crippen LogP contribution in [0.3, 0.4) is 0 Å². The molecule has 22 heavy (non-hydrogen) atoms. The topological polar surface area (TPSA) is 45.2 Å². The summed E-state index contributed by atoms with van der Waals surface area (Å²) in [6, 6.07) is 8.71. The Kier molecular flexibility index (Phi) is 4.50. The summed E-state index contributed by atoms with van der Waals surface area (Å²) >= 11 is 12.1. The molecule has 2 heterocycles. The minimum absolute atomic E-state index is 0.331. The molecule has 6 heteroatoms. The Labute approximate surface area is 139 Å². The van der Waals surface area contributed by atoms with Gasteiger partial charge >= 0.3 is 0 Å². The van der Waals surface area contributed by atoms with Gasteiger partial charge in [0.15, 0.2) is 0 Å². The maximum Gasteiger partial charge on any atom is 0.274 e. The zero-order chi connectivity index (χ0) is 15.5. The van der Waals surface area contributed by atoms with Crippen molar-refractivity contribution in [1.82, 2.24) is 4.98 Å². The summed E-state index contributed by atoms with van der Waals surface area (Å²) in [4.78, 5) is 18.7. The van der Waals surface area contributed by atoms with Crippen molar-refractivity contribution < 1.29 is 4.79 Å². The second-order valence-corrected chi connectivity index (χ2v) is 5.96. The molecule has 114 valence electrons. The number of aromatic nitrogens is 1. The molecule has 0 unspecified atom stereocenters. The molecule has 1 aliphatic heterocycles. The van der Waals surface area contributed by atoms with Gasteiger partial charge in [-0.25, -0.2) is 4.98 Å². The van der Waals surface area contributed by atoms with Crippen LogP contribution in [0.15, 0.2) is 36.5 Å². The number of carbonyl (C=O) groups is 1. The molecular weight excluding hydrogens is 321 g/mol. The van der Waals surface area contributed by atoms with Gasteiger partial charge in [0, 0.05) is 13.1 Å². The number of halogens is 2. The lowest BCUT2D eigenvalue weighted by atomic mass is 10.2. The predicted molar refractivity (Wildman–Crippen MR) is 90.1 cm³/mol. The molecule has 0 bridgehead atoms. The second-order valence-electron chi connectivity index (χ2n) is 5.15. The maximum atomic E-state index is 12.2. The highest BCUT2D eigenvalue weighted by Gasteiger charge is 2.15. The van der Waals surface area contributed by atoms with E-state index in [-0.39, 0.29) is 5.91 Å². The zero-order valence-electron chi connectivity index (χ0n) is 11.9. The van der Waals surface area contributed by atoms with Crippen molar-refractivity contribution in [2.75, 3.05) is 23.3 Å². The van der Waals surface area contributed by atoms with E-state index >= 15 is 0 Å². The molecular formula is C16H15Cl2N3O. The molecule has 3 rings (SSSR count). The molecule has 0 radical (unpaired) electrons. The number of nitrogens with zero attached hydrogens (tertiary/aromatic N) is 2. The largest absolute Gasteiger partial charge is 0.370 e. The SMILES string of the molecule is O=C(Nc1c(Cl)cccc1Cl)c1ccc(N2CCCC2)cn1. The highest BCUT2D eigenvalue weighted by molar-refractivity contribution is 6.39. The van der Waals surface area contributed by atoms with Crippen LogP contribution in [0.5, 0.6) is 0 Å². The van der Waals surface area contributed by atoms with E-state index in [1.54, 1.807) is 30.5 Å². The number of anilines is 2. The third-order valence-electron chi connectivity index (χ3n) is 3.65. The van der Waals surface area contributed by atoms with Crippen molar-refractivity contribution in [2.24, 2.45) is 0 Å². The minimum Gasteiger partial charge on any atom is -0.370 e. The van der Waals surface area contributed by atoms with Crippen molar-refractivity contribution in [3.63, 3.8) is 0 Å². The normalized spacial score (nSPS) is 14.2. The Hall–Kier alpha value is -1.78. The monoisotopic (exact) mass is 335 g/mol. The van der Waals surface area contributed by atoms with Crippen molar-refractivity contribution in [3.05, 3.63) is 52.3 Å². The first kappa shape index (κ1) is 15.1. The van der Waals surface area contributed by atoms with Gasteiger partial charge in [0.2, 0.25) is 0 Å². The molecule has 1 amide bonds. The molecule has 4 nitrogen and oxygen atoms in total. The fourth-order valence-electron chi connectivity index (χ4n) is 2.48. The first-order chi connectivity index (χ1) is 10.6. The van der Waals surface area contributed by atoms with Gasteiger partial charge in [-0.1, -0.05) is 29.3 Å². The summed E-state index contributed by atoms with van der Waals surface area (Å²) in [7, 11) is 0. The maximum absolute atomic E-state index is 12.2. The Balaban J connectivity index is 1.75. The van der Waals surface area contributed by atoms with E-state index in [1.807, 2.05) is 6.07 Å². The number of para-hydroxylation sites is 1. The summed E-state index contributed by atoms with van der Waals surface area (Å²) in [5.41, 5.74) is 1.78. The molecule has 1 aromatic carbocycles. The average molecular weight is 336 g/mol. The van der Waals surface area contributed by atoms with Gasteiger partial charge in [0.25, 0.3) is 5.91 Å². The quantitative estimate of drug-likeness (QED) is 0.912. The molecule has 0 atom stereocenters. The number of rotatable bonds is 3.